The molecule has 2 rings (SSSR count). The van der Waals surface area contributed by atoms with Gasteiger partial charge in [0, 0.05) is 6.61 Å². The smallest absolute Gasteiger partial charge is 0.119 e. The molecule has 2 unspecified atom stereocenters. The van der Waals surface area contributed by atoms with E-state index >= 15 is 0 Å². The molecule has 1 aliphatic rings. The summed E-state index contributed by atoms with van der Waals surface area (Å²) in [5, 5.41) is 9.24. The van der Waals surface area contributed by atoms with Gasteiger partial charge in [-0.25, -0.2) is 0 Å². The molecule has 1 aromatic rings. The summed E-state index contributed by atoms with van der Waals surface area (Å²) in [4.78, 5) is 0. The van der Waals surface area contributed by atoms with Gasteiger partial charge in [-0.2, -0.15) is 0 Å². The van der Waals surface area contributed by atoms with E-state index in [0.717, 1.165) is 31.6 Å². The molecule has 1 aromatic carbocycles. The third kappa shape index (κ3) is 5.64. The number of rotatable bonds is 10. The van der Waals surface area contributed by atoms with Gasteiger partial charge in [0.05, 0.1) is 6.61 Å². The second-order valence-electron chi connectivity index (χ2n) is 6.74. The summed E-state index contributed by atoms with van der Waals surface area (Å²) >= 11 is 0. The SMILES string of the molecule is CCCCCCCCOc1ccc(C2CCC(CO)C2)cc1. The molecular formula is C20H32O2. The standard InChI is InChI=1S/C20H32O2/c1-2-3-4-5-6-7-14-22-20-12-10-18(11-13-20)19-9-8-17(15-19)16-21/h10-13,17,19,21H,2-9,14-16H2,1H3. The summed E-state index contributed by atoms with van der Waals surface area (Å²) in [6.45, 7) is 3.43. The van der Waals surface area contributed by atoms with Crippen LogP contribution in [0.2, 0.25) is 0 Å². The molecule has 0 heterocycles. The van der Waals surface area contributed by atoms with Crippen molar-refractivity contribution in [2.24, 2.45) is 5.92 Å². The molecule has 2 heteroatoms. The van der Waals surface area contributed by atoms with Gasteiger partial charge in [-0.05, 0) is 55.2 Å². The Kier molecular flexibility index (Phi) is 7.79. The lowest BCUT2D eigenvalue weighted by Gasteiger charge is -2.12. The molecule has 1 aliphatic carbocycles. The fourth-order valence-corrected chi connectivity index (χ4v) is 3.45. The molecular weight excluding hydrogens is 272 g/mol. The van der Waals surface area contributed by atoms with Crippen LogP contribution in [0.3, 0.4) is 0 Å². The lowest BCUT2D eigenvalue weighted by atomic mass is 9.96. The largest absolute Gasteiger partial charge is 0.494 e. The Morgan fingerprint density at radius 1 is 1.00 bits per heavy atom. The predicted molar refractivity (Wildman–Crippen MR) is 92.5 cm³/mol. The van der Waals surface area contributed by atoms with E-state index in [0.29, 0.717) is 18.4 Å². The maximum absolute atomic E-state index is 9.24. The van der Waals surface area contributed by atoms with Crippen molar-refractivity contribution in [1.82, 2.24) is 0 Å². The van der Waals surface area contributed by atoms with Crippen LogP contribution in [0.15, 0.2) is 24.3 Å². The number of benzene rings is 1. The molecule has 1 N–H and O–H groups in total. The van der Waals surface area contributed by atoms with Gasteiger partial charge < -0.3 is 9.84 Å². The van der Waals surface area contributed by atoms with Crippen molar-refractivity contribution >= 4 is 0 Å². The van der Waals surface area contributed by atoms with E-state index in [1.54, 1.807) is 0 Å². The van der Waals surface area contributed by atoms with E-state index < -0.39 is 0 Å². The highest BCUT2D eigenvalue weighted by molar-refractivity contribution is 5.30. The molecule has 0 aliphatic heterocycles. The molecule has 0 spiro atoms. The molecule has 1 saturated carbocycles. The first-order valence-electron chi connectivity index (χ1n) is 9.17. The molecule has 0 amide bonds. The van der Waals surface area contributed by atoms with Gasteiger partial charge in [-0.3, -0.25) is 0 Å². The molecule has 2 nitrogen and oxygen atoms in total. The monoisotopic (exact) mass is 304 g/mol. The van der Waals surface area contributed by atoms with Crippen molar-refractivity contribution in [3.8, 4) is 5.75 Å². The number of ether oxygens (including phenoxy) is 1. The summed E-state index contributed by atoms with van der Waals surface area (Å²) < 4.78 is 5.83. The third-order valence-electron chi connectivity index (χ3n) is 4.92. The summed E-state index contributed by atoms with van der Waals surface area (Å²) in [7, 11) is 0. The average Bonchev–Trinajstić information content (AvgIpc) is 3.04. The topological polar surface area (TPSA) is 29.5 Å². The Balaban J connectivity index is 1.64. The zero-order valence-corrected chi connectivity index (χ0v) is 14.1. The number of hydrogen-bond acceptors (Lipinski definition) is 2. The van der Waals surface area contributed by atoms with Gasteiger partial charge in [0.25, 0.3) is 0 Å². The Morgan fingerprint density at radius 2 is 1.73 bits per heavy atom. The number of aliphatic hydroxyl groups excluding tert-OH is 1. The first-order valence-corrected chi connectivity index (χ1v) is 9.17. The lowest BCUT2D eigenvalue weighted by Crippen LogP contribution is -2.01. The van der Waals surface area contributed by atoms with Crippen LogP contribution in [-0.2, 0) is 0 Å². The van der Waals surface area contributed by atoms with Gasteiger partial charge >= 0.3 is 0 Å². The highest BCUT2D eigenvalue weighted by Gasteiger charge is 2.25. The molecule has 0 aromatic heterocycles. The van der Waals surface area contributed by atoms with Gasteiger partial charge in [-0.1, -0.05) is 51.2 Å². The van der Waals surface area contributed by atoms with Crippen LogP contribution >= 0.6 is 0 Å². The van der Waals surface area contributed by atoms with Crippen LogP contribution in [0.25, 0.3) is 0 Å². The minimum absolute atomic E-state index is 0.343. The van der Waals surface area contributed by atoms with Crippen molar-refractivity contribution < 1.29 is 9.84 Å². The van der Waals surface area contributed by atoms with Crippen molar-refractivity contribution in [3.63, 3.8) is 0 Å². The first-order chi connectivity index (χ1) is 10.8. The summed E-state index contributed by atoms with van der Waals surface area (Å²) in [5.41, 5.74) is 1.41. The zero-order chi connectivity index (χ0) is 15.6. The molecule has 124 valence electrons. The Morgan fingerprint density at radius 3 is 2.41 bits per heavy atom. The van der Waals surface area contributed by atoms with Crippen LogP contribution in [0, 0.1) is 5.92 Å². The molecule has 0 saturated heterocycles. The van der Waals surface area contributed by atoms with Crippen LogP contribution in [0.4, 0.5) is 0 Å². The summed E-state index contributed by atoms with van der Waals surface area (Å²) in [5.74, 6) is 2.13. The van der Waals surface area contributed by atoms with Crippen LogP contribution in [0.1, 0.15) is 76.2 Å². The highest BCUT2D eigenvalue weighted by Crippen LogP contribution is 2.38. The summed E-state index contributed by atoms with van der Waals surface area (Å²) in [6, 6.07) is 8.64. The van der Waals surface area contributed by atoms with Crippen LogP contribution in [-0.4, -0.2) is 18.3 Å². The third-order valence-corrected chi connectivity index (χ3v) is 4.92. The van der Waals surface area contributed by atoms with Gasteiger partial charge in [0.2, 0.25) is 0 Å². The van der Waals surface area contributed by atoms with Crippen LogP contribution < -0.4 is 4.74 Å². The Hall–Kier alpha value is -1.02. The van der Waals surface area contributed by atoms with E-state index in [9.17, 15) is 5.11 Å². The molecule has 2 atom stereocenters. The molecule has 1 fully saturated rings. The second kappa shape index (κ2) is 9.89. The van der Waals surface area contributed by atoms with Gasteiger partial charge in [0.15, 0.2) is 0 Å². The van der Waals surface area contributed by atoms with Crippen molar-refractivity contribution in [2.75, 3.05) is 13.2 Å². The van der Waals surface area contributed by atoms with E-state index in [4.69, 9.17) is 4.74 Å². The fourth-order valence-electron chi connectivity index (χ4n) is 3.45. The average molecular weight is 304 g/mol. The Bertz CT molecular complexity index is 399. The predicted octanol–water partition coefficient (Wildman–Crippen LogP) is 5.30. The van der Waals surface area contributed by atoms with E-state index in [1.807, 2.05) is 0 Å². The Labute approximate surface area is 135 Å². The van der Waals surface area contributed by atoms with Crippen molar-refractivity contribution in [2.45, 2.75) is 70.6 Å². The highest BCUT2D eigenvalue weighted by atomic mass is 16.5. The number of aliphatic hydroxyl groups is 1. The molecule has 0 radical (unpaired) electrons. The quantitative estimate of drug-likeness (QED) is 0.594. The van der Waals surface area contributed by atoms with Crippen LogP contribution in [0.5, 0.6) is 5.75 Å². The first kappa shape index (κ1) is 17.3. The maximum Gasteiger partial charge on any atom is 0.119 e. The lowest BCUT2D eigenvalue weighted by molar-refractivity contribution is 0.229. The number of unbranched alkanes of at least 4 members (excludes halogenated alkanes) is 5. The second-order valence-corrected chi connectivity index (χ2v) is 6.74. The normalized spacial score (nSPS) is 21.2. The van der Waals surface area contributed by atoms with E-state index in [2.05, 4.69) is 31.2 Å². The summed E-state index contributed by atoms with van der Waals surface area (Å²) in [6.07, 6.45) is 11.3. The minimum Gasteiger partial charge on any atom is -0.494 e. The van der Waals surface area contributed by atoms with E-state index in [1.165, 1.54) is 44.1 Å². The minimum atomic E-state index is 0.343. The van der Waals surface area contributed by atoms with Crippen molar-refractivity contribution in [3.05, 3.63) is 29.8 Å². The fraction of sp³-hybridized carbons (Fsp3) is 0.700. The van der Waals surface area contributed by atoms with Crippen molar-refractivity contribution in [1.29, 1.82) is 0 Å². The van der Waals surface area contributed by atoms with Gasteiger partial charge in [-0.15, -0.1) is 0 Å². The zero-order valence-electron chi connectivity index (χ0n) is 14.1. The molecule has 22 heavy (non-hydrogen) atoms. The van der Waals surface area contributed by atoms with E-state index in [-0.39, 0.29) is 0 Å². The number of hydrogen-bond donors (Lipinski definition) is 1. The van der Waals surface area contributed by atoms with Gasteiger partial charge in [0.1, 0.15) is 5.75 Å². The maximum atomic E-state index is 9.24. The molecule has 0 bridgehead atoms.